The Bertz CT molecular complexity index is 447. The zero-order valence-corrected chi connectivity index (χ0v) is 11.3. The number of hydrogen-bond acceptors (Lipinski definition) is 4. The summed E-state index contributed by atoms with van der Waals surface area (Å²) in [4.78, 5) is 12.6. The number of halogens is 3. The number of carbonyl (C=O) groups is 1. The third-order valence-corrected chi connectivity index (χ3v) is 3.12. The number of benzene rings is 1. The van der Waals surface area contributed by atoms with Gasteiger partial charge in [0.15, 0.2) is 6.23 Å². The first-order valence-corrected chi connectivity index (χ1v) is 6.50. The van der Waals surface area contributed by atoms with Crippen molar-refractivity contribution in [1.82, 2.24) is 4.90 Å². The molecular weight excluding hydrogens is 292 g/mol. The van der Waals surface area contributed by atoms with Crippen LogP contribution in [0, 0.1) is 0 Å². The highest BCUT2D eigenvalue weighted by molar-refractivity contribution is 6.61. The van der Waals surface area contributed by atoms with Crippen molar-refractivity contribution in [3.8, 4) is 0 Å². The van der Waals surface area contributed by atoms with Gasteiger partial charge in [0, 0.05) is 30.3 Å². The Hall–Kier alpha value is -1.24. The number of hydrogen-bond donors (Lipinski definition) is 0. The third kappa shape index (κ3) is 3.88. The highest BCUT2D eigenvalue weighted by Crippen LogP contribution is 2.26. The number of morpholine rings is 1. The molecule has 20 heavy (non-hydrogen) atoms. The van der Waals surface area contributed by atoms with Gasteiger partial charge in [-0.25, -0.2) is 13.6 Å². The lowest BCUT2D eigenvalue weighted by Crippen LogP contribution is -2.47. The summed E-state index contributed by atoms with van der Waals surface area (Å²) in [5.74, 6) is 0. The molecule has 1 aromatic rings. The van der Waals surface area contributed by atoms with E-state index in [9.17, 15) is 13.6 Å². The monoisotopic (exact) mass is 305 g/mol. The lowest BCUT2D eigenvalue weighted by molar-refractivity contribution is -0.137. The van der Waals surface area contributed by atoms with Crippen LogP contribution in [0.25, 0.3) is 0 Å². The molecule has 1 fully saturated rings. The molecule has 2 rings (SSSR count). The molecule has 1 aromatic carbocycles. The number of nitrogens with zero attached hydrogens (tertiary/aromatic N) is 1. The molecule has 7 heteroatoms. The molecule has 0 saturated carbocycles. The fraction of sp³-hybridized carbons (Fsp3) is 0.462. The summed E-state index contributed by atoms with van der Waals surface area (Å²) in [7, 11) is 0. The van der Waals surface area contributed by atoms with E-state index in [0.29, 0.717) is 12.1 Å². The molecule has 1 saturated heterocycles. The van der Waals surface area contributed by atoms with E-state index >= 15 is 0 Å². The van der Waals surface area contributed by atoms with Gasteiger partial charge < -0.3 is 9.47 Å². The van der Waals surface area contributed by atoms with Gasteiger partial charge in [-0.3, -0.25) is 4.90 Å². The topological polar surface area (TPSA) is 38.8 Å². The average Bonchev–Trinajstić information content (AvgIpc) is 2.45. The molecule has 1 aliphatic heterocycles. The van der Waals surface area contributed by atoms with Gasteiger partial charge >= 0.3 is 5.43 Å². The van der Waals surface area contributed by atoms with Gasteiger partial charge in [-0.15, -0.1) is 0 Å². The van der Waals surface area contributed by atoms with Crippen LogP contribution in [0.4, 0.5) is 13.6 Å². The number of alkyl halides is 2. The first-order valence-electron chi connectivity index (χ1n) is 6.13. The van der Waals surface area contributed by atoms with E-state index in [0.717, 1.165) is 0 Å². The SMILES string of the molecule is O=C(Cl)OC(c1ccccc1)N1CCOC(C(F)F)C1. The summed E-state index contributed by atoms with van der Waals surface area (Å²) in [6.07, 6.45) is -4.56. The quantitative estimate of drug-likeness (QED) is 0.802. The minimum absolute atomic E-state index is 0.0264. The molecule has 0 radical (unpaired) electrons. The van der Waals surface area contributed by atoms with Crippen LogP contribution in [0.3, 0.4) is 0 Å². The summed E-state index contributed by atoms with van der Waals surface area (Å²) in [5, 5.41) is 0. The molecule has 0 N–H and O–H groups in total. The Kier molecular flexibility index (Phi) is 5.28. The molecule has 0 bridgehead atoms. The van der Waals surface area contributed by atoms with Crippen molar-refractivity contribution in [2.45, 2.75) is 18.8 Å². The predicted molar refractivity (Wildman–Crippen MR) is 68.8 cm³/mol. The number of ether oxygens (including phenoxy) is 2. The Morgan fingerprint density at radius 3 is 2.70 bits per heavy atom. The maximum absolute atomic E-state index is 12.7. The molecule has 110 valence electrons. The molecule has 0 aromatic heterocycles. The molecule has 0 aliphatic carbocycles. The summed E-state index contributed by atoms with van der Waals surface area (Å²) >= 11 is 5.27. The van der Waals surface area contributed by atoms with Gasteiger partial charge in [0.1, 0.15) is 6.10 Å². The van der Waals surface area contributed by atoms with Gasteiger partial charge in [-0.05, 0) is 0 Å². The van der Waals surface area contributed by atoms with Crippen LogP contribution < -0.4 is 0 Å². The highest BCUT2D eigenvalue weighted by atomic mass is 35.5. The van der Waals surface area contributed by atoms with Gasteiger partial charge in [0.05, 0.1) is 6.61 Å². The predicted octanol–water partition coefficient (Wildman–Crippen LogP) is 3.03. The molecule has 1 aliphatic rings. The summed E-state index contributed by atoms with van der Waals surface area (Å²) in [6, 6.07) is 8.85. The van der Waals surface area contributed by atoms with E-state index in [1.807, 2.05) is 6.07 Å². The Morgan fingerprint density at radius 2 is 2.10 bits per heavy atom. The first-order chi connectivity index (χ1) is 9.58. The minimum Gasteiger partial charge on any atom is -0.430 e. The van der Waals surface area contributed by atoms with Gasteiger partial charge in [0.2, 0.25) is 0 Å². The van der Waals surface area contributed by atoms with E-state index < -0.39 is 24.2 Å². The van der Waals surface area contributed by atoms with E-state index in [4.69, 9.17) is 21.1 Å². The maximum atomic E-state index is 12.7. The van der Waals surface area contributed by atoms with Crippen molar-refractivity contribution in [1.29, 1.82) is 0 Å². The fourth-order valence-electron chi connectivity index (χ4n) is 2.12. The second kappa shape index (κ2) is 6.97. The number of carbonyl (C=O) groups excluding carboxylic acids is 1. The van der Waals surface area contributed by atoms with E-state index in [2.05, 4.69) is 0 Å². The second-order valence-corrected chi connectivity index (χ2v) is 4.67. The summed E-state index contributed by atoms with van der Waals surface area (Å²) in [5.41, 5.74) is -0.296. The van der Waals surface area contributed by atoms with Gasteiger partial charge in [-0.2, -0.15) is 0 Å². The molecule has 4 nitrogen and oxygen atoms in total. The minimum atomic E-state index is -2.58. The molecule has 0 spiro atoms. The Labute approximate surface area is 120 Å². The van der Waals surface area contributed by atoms with Gasteiger partial charge in [-0.1, -0.05) is 30.3 Å². The first kappa shape index (κ1) is 15.2. The van der Waals surface area contributed by atoms with Gasteiger partial charge in [0.25, 0.3) is 6.43 Å². The largest absolute Gasteiger partial charge is 0.430 e. The summed E-state index contributed by atoms with van der Waals surface area (Å²) in [6.45, 7) is 0.506. The van der Waals surface area contributed by atoms with Crippen molar-refractivity contribution in [2.24, 2.45) is 0 Å². The smallest absolute Gasteiger partial charge is 0.405 e. The standard InChI is InChI=1S/C13H14ClF2NO3/c14-13(18)20-12(9-4-2-1-3-5-9)17-6-7-19-10(8-17)11(15)16/h1-5,10-12H,6-8H2. The van der Waals surface area contributed by atoms with Crippen LogP contribution in [-0.4, -0.2) is 42.6 Å². The van der Waals surface area contributed by atoms with Crippen LogP contribution in [-0.2, 0) is 9.47 Å². The van der Waals surface area contributed by atoms with Crippen molar-refractivity contribution in [2.75, 3.05) is 19.7 Å². The van der Waals surface area contributed by atoms with Crippen molar-refractivity contribution >= 4 is 17.0 Å². The van der Waals surface area contributed by atoms with E-state index in [1.165, 1.54) is 0 Å². The Morgan fingerprint density at radius 1 is 1.40 bits per heavy atom. The molecular formula is C13H14ClF2NO3. The van der Waals surface area contributed by atoms with Crippen molar-refractivity contribution in [3.63, 3.8) is 0 Å². The maximum Gasteiger partial charge on any atom is 0.405 e. The molecule has 0 amide bonds. The molecule has 2 atom stereocenters. The zero-order valence-electron chi connectivity index (χ0n) is 10.5. The van der Waals surface area contributed by atoms with Crippen LogP contribution >= 0.6 is 11.6 Å². The zero-order chi connectivity index (χ0) is 14.5. The summed E-state index contributed by atoms with van der Waals surface area (Å²) < 4.78 is 35.5. The number of rotatable bonds is 4. The highest BCUT2D eigenvalue weighted by Gasteiger charge is 2.33. The molecule has 2 unspecified atom stereocenters. The normalized spacial score (nSPS) is 21.7. The van der Waals surface area contributed by atoms with E-state index in [-0.39, 0.29) is 13.2 Å². The van der Waals surface area contributed by atoms with Crippen molar-refractivity contribution < 1.29 is 23.0 Å². The molecule has 1 heterocycles. The Balaban J connectivity index is 2.16. The van der Waals surface area contributed by atoms with Crippen LogP contribution in [0.2, 0.25) is 0 Å². The van der Waals surface area contributed by atoms with Crippen LogP contribution in [0.5, 0.6) is 0 Å². The lowest BCUT2D eigenvalue weighted by Gasteiger charge is -2.37. The van der Waals surface area contributed by atoms with E-state index in [1.54, 1.807) is 29.2 Å². The van der Waals surface area contributed by atoms with Crippen LogP contribution in [0.1, 0.15) is 11.8 Å². The van der Waals surface area contributed by atoms with Crippen molar-refractivity contribution in [3.05, 3.63) is 35.9 Å². The third-order valence-electron chi connectivity index (χ3n) is 3.03. The lowest BCUT2D eigenvalue weighted by atomic mass is 10.1. The second-order valence-electron chi connectivity index (χ2n) is 4.36. The fourth-order valence-corrected chi connectivity index (χ4v) is 2.21. The average molecular weight is 306 g/mol. The van der Waals surface area contributed by atoms with Crippen LogP contribution in [0.15, 0.2) is 30.3 Å².